The van der Waals surface area contributed by atoms with Crippen LogP contribution in [0.3, 0.4) is 0 Å². The highest BCUT2D eigenvalue weighted by Gasteiger charge is 2.21. The van der Waals surface area contributed by atoms with E-state index in [1.807, 2.05) is 30.5 Å². The Morgan fingerprint density at radius 2 is 2.10 bits per heavy atom. The fraction of sp³-hybridized carbons (Fsp3) is 0.318. The summed E-state index contributed by atoms with van der Waals surface area (Å²) in [6, 6.07) is 7.63. The monoisotopic (exact) mass is 406 g/mol. The van der Waals surface area contributed by atoms with Crippen LogP contribution in [0.25, 0.3) is 10.2 Å². The average Bonchev–Trinajstić information content (AvgIpc) is 3.31. The number of fused-ring (bicyclic) bond motifs is 3. The van der Waals surface area contributed by atoms with Gasteiger partial charge in [-0.05, 0) is 55.0 Å². The van der Waals surface area contributed by atoms with Gasteiger partial charge in [-0.2, -0.15) is 0 Å². The minimum absolute atomic E-state index is 0.0134. The first-order chi connectivity index (χ1) is 14.3. The van der Waals surface area contributed by atoms with Crippen molar-refractivity contribution >= 4 is 27.5 Å². The van der Waals surface area contributed by atoms with E-state index in [2.05, 4.69) is 10.3 Å². The summed E-state index contributed by atoms with van der Waals surface area (Å²) in [5.41, 5.74) is 2.26. The van der Waals surface area contributed by atoms with Crippen molar-refractivity contribution in [2.24, 2.45) is 0 Å². The van der Waals surface area contributed by atoms with Crippen molar-refractivity contribution in [2.75, 3.05) is 5.32 Å². The van der Waals surface area contributed by atoms with E-state index in [0.717, 1.165) is 40.8 Å². The zero-order valence-electron chi connectivity index (χ0n) is 16.1. The summed E-state index contributed by atoms with van der Waals surface area (Å²) in [6.07, 6.45) is 10.8. The minimum atomic E-state index is 0.0134. The summed E-state index contributed by atoms with van der Waals surface area (Å²) < 4.78 is 7.22. The van der Waals surface area contributed by atoms with Crippen LogP contribution in [-0.2, 0) is 25.9 Å². The molecule has 1 aliphatic carbocycles. The maximum Gasteiger partial charge on any atom is 0.264 e. The van der Waals surface area contributed by atoms with E-state index in [1.54, 1.807) is 28.4 Å². The summed E-state index contributed by atoms with van der Waals surface area (Å²) >= 11 is 1.68. The number of aryl methyl sites for hydroxylation is 2. The molecule has 0 saturated heterocycles. The number of thiophene rings is 1. The number of nitrogens with zero attached hydrogens (tertiary/aromatic N) is 3. The first-order valence-electron chi connectivity index (χ1n) is 10.00. The smallest absolute Gasteiger partial charge is 0.264 e. The molecule has 4 aromatic rings. The van der Waals surface area contributed by atoms with E-state index < -0.39 is 0 Å². The van der Waals surface area contributed by atoms with E-state index in [9.17, 15) is 4.79 Å². The number of anilines is 1. The molecule has 0 radical (unpaired) electrons. The maximum atomic E-state index is 13.6. The highest BCUT2D eigenvalue weighted by Crippen LogP contribution is 2.33. The predicted octanol–water partition coefficient (Wildman–Crippen LogP) is 4.38. The fourth-order valence-electron chi connectivity index (χ4n) is 3.94. The quantitative estimate of drug-likeness (QED) is 0.498. The van der Waals surface area contributed by atoms with E-state index >= 15 is 0 Å². The van der Waals surface area contributed by atoms with Crippen LogP contribution < -0.4 is 10.9 Å². The summed E-state index contributed by atoms with van der Waals surface area (Å²) in [4.78, 5) is 24.8. The lowest BCUT2D eigenvalue weighted by Gasteiger charge is -2.13. The molecule has 0 bridgehead atoms. The van der Waals surface area contributed by atoms with E-state index in [4.69, 9.17) is 9.40 Å². The van der Waals surface area contributed by atoms with Gasteiger partial charge in [0.05, 0.1) is 18.2 Å². The maximum absolute atomic E-state index is 13.6. The van der Waals surface area contributed by atoms with Crippen molar-refractivity contribution in [1.82, 2.24) is 14.5 Å². The van der Waals surface area contributed by atoms with E-state index in [0.29, 0.717) is 19.0 Å². The Kier molecular flexibility index (Phi) is 4.89. The van der Waals surface area contributed by atoms with Gasteiger partial charge in [0, 0.05) is 23.8 Å². The Labute approximate surface area is 172 Å². The summed E-state index contributed by atoms with van der Waals surface area (Å²) in [5.74, 6) is 1.30. The van der Waals surface area contributed by atoms with Crippen LogP contribution in [-0.4, -0.2) is 14.5 Å². The van der Waals surface area contributed by atoms with Crippen molar-refractivity contribution < 1.29 is 4.42 Å². The first kappa shape index (κ1) is 18.1. The summed E-state index contributed by atoms with van der Waals surface area (Å²) in [6.45, 7) is 0.907. The Balaban J connectivity index is 1.60. The minimum Gasteiger partial charge on any atom is -0.467 e. The molecule has 1 aliphatic rings. The number of aromatic nitrogens is 3. The molecule has 0 amide bonds. The summed E-state index contributed by atoms with van der Waals surface area (Å²) in [7, 11) is 0. The predicted molar refractivity (Wildman–Crippen MR) is 115 cm³/mol. The van der Waals surface area contributed by atoms with Gasteiger partial charge in [0.2, 0.25) is 5.95 Å². The normalized spacial score (nSPS) is 13.9. The van der Waals surface area contributed by atoms with Crippen LogP contribution in [0.2, 0.25) is 0 Å². The topological polar surface area (TPSA) is 73.0 Å². The number of rotatable bonds is 5. The molecule has 0 atom stereocenters. The van der Waals surface area contributed by atoms with Gasteiger partial charge in [0.25, 0.3) is 5.56 Å². The molecule has 4 heterocycles. The third-order valence-corrected chi connectivity index (χ3v) is 6.58. The van der Waals surface area contributed by atoms with E-state index in [-0.39, 0.29) is 5.56 Å². The number of hydrogen-bond donors (Lipinski definition) is 1. The van der Waals surface area contributed by atoms with Gasteiger partial charge in [-0.15, -0.1) is 11.3 Å². The Morgan fingerprint density at radius 1 is 1.17 bits per heavy atom. The third-order valence-electron chi connectivity index (χ3n) is 5.39. The second-order valence-electron chi connectivity index (χ2n) is 7.37. The highest BCUT2D eigenvalue weighted by molar-refractivity contribution is 7.18. The Hall–Kier alpha value is -2.93. The SMILES string of the molecule is O=c1c2c3c(sc2nc(NCc2cccnc2)n1Cc1ccco1)CCCCC3. The van der Waals surface area contributed by atoms with Crippen molar-refractivity contribution in [3.8, 4) is 0 Å². The lowest BCUT2D eigenvalue weighted by Crippen LogP contribution is -2.25. The Bertz CT molecular complexity index is 1180. The molecular formula is C22H22N4O2S. The van der Waals surface area contributed by atoms with Crippen LogP contribution >= 0.6 is 11.3 Å². The lowest BCUT2D eigenvalue weighted by atomic mass is 10.1. The van der Waals surface area contributed by atoms with Crippen molar-refractivity contribution in [3.05, 3.63) is 75.0 Å². The number of hydrogen-bond acceptors (Lipinski definition) is 6. The molecule has 148 valence electrons. The highest BCUT2D eigenvalue weighted by atomic mass is 32.1. The number of pyridine rings is 1. The first-order valence-corrected chi connectivity index (χ1v) is 10.8. The van der Waals surface area contributed by atoms with Crippen molar-refractivity contribution in [2.45, 2.75) is 45.2 Å². The third kappa shape index (κ3) is 3.58. The fourth-order valence-corrected chi connectivity index (χ4v) is 5.19. The molecule has 0 aliphatic heterocycles. The van der Waals surface area contributed by atoms with Crippen LogP contribution in [0.1, 0.15) is 41.0 Å². The zero-order valence-corrected chi connectivity index (χ0v) is 16.9. The van der Waals surface area contributed by atoms with Crippen LogP contribution in [0.4, 0.5) is 5.95 Å². The molecule has 0 spiro atoms. The molecule has 4 aromatic heterocycles. The molecule has 1 N–H and O–H groups in total. The van der Waals surface area contributed by atoms with Gasteiger partial charge in [-0.25, -0.2) is 4.98 Å². The van der Waals surface area contributed by atoms with Gasteiger partial charge in [0.1, 0.15) is 10.6 Å². The Morgan fingerprint density at radius 3 is 2.93 bits per heavy atom. The molecule has 7 heteroatoms. The second kappa shape index (κ2) is 7.83. The molecule has 5 rings (SSSR count). The van der Waals surface area contributed by atoms with Crippen LogP contribution in [0, 0.1) is 0 Å². The van der Waals surface area contributed by atoms with Gasteiger partial charge < -0.3 is 9.73 Å². The summed E-state index contributed by atoms with van der Waals surface area (Å²) in [5, 5.41) is 4.14. The standard InChI is InChI=1S/C22H22N4O2S/c27-21-19-17-8-2-1-3-9-18(17)29-20(19)25-22(24-13-15-6-4-10-23-12-15)26(21)14-16-7-5-11-28-16/h4-7,10-12H,1-3,8-9,13-14H2,(H,24,25). The van der Waals surface area contributed by atoms with Crippen LogP contribution in [0.5, 0.6) is 0 Å². The van der Waals surface area contributed by atoms with Gasteiger partial charge in [-0.1, -0.05) is 12.5 Å². The average molecular weight is 407 g/mol. The molecule has 0 saturated carbocycles. The molecule has 29 heavy (non-hydrogen) atoms. The second-order valence-corrected chi connectivity index (χ2v) is 8.45. The van der Waals surface area contributed by atoms with E-state index in [1.165, 1.54) is 23.3 Å². The van der Waals surface area contributed by atoms with Crippen LogP contribution in [0.15, 0.2) is 52.1 Å². The lowest BCUT2D eigenvalue weighted by molar-refractivity contribution is 0.490. The van der Waals surface area contributed by atoms with Crippen molar-refractivity contribution in [1.29, 1.82) is 0 Å². The van der Waals surface area contributed by atoms with Gasteiger partial charge >= 0.3 is 0 Å². The number of nitrogens with one attached hydrogen (secondary N) is 1. The number of furan rings is 1. The zero-order chi connectivity index (χ0) is 19.6. The van der Waals surface area contributed by atoms with Gasteiger partial charge in [0.15, 0.2) is 0 Å². The molecule has 0 fully saturated rings. The van der Waals surface area contributed by atoms with Crippen molar-refractivity contribution in [3.63, 3.8) is 0 Å². The molecule has 0 aromatic carbocycles. The van der Waals surface area contributed by atoms with Gasteiger partial charge in [-0.3, -0.25) is 14.3 Å². The molecule has 0 unspecified atom stereocenters. The molecular weight excluding hydrogens is 384 g/mol. The molecule has 6 nitrogen and oxygen atoms in total. The largest absolute Gasteiger partial charge is 0.467 e.